The number of hydrogen-bond acceptors (Lipinski definition) is 2. The topological polar surface area (TPSA) is 37.3 Å². The van der Waals surface area contributed by atoms with Crippen LogP contribution in [0, 0.1) is 28.6 Å². The van der Waals surface area contributed by atoms with Crippen LogP contribution in [0.5, 0.6) is 0 Å². The third-order valence-corrected chi connectivity index (χ3v) is 7.71. The lowest BCUT2D eigenvalue weighted by atomic mass is 9.49. The summed E-state index contributed by atoms with van der Waals surface area (Å²) in [6, 6.07) is 0. The molecule has 2 unspecified atom stereocenters. The van der Waals surface area contributed by atoms with Crippen molar-refractivity contribution >= 4 is 5.78 Å². The van der Waals surface area contributed by atoms with Gasteiger partial charge in [0.2, 0.25) is 0 Å². The number of aliphatic hydroxyl groups excluding tert-OH is 1. The first-order valence-electron chi connectivity index (χ1n) is 8.87. The lowest BCUT2D eigenvalue weighted by Gasteiger charge is -2.55. The van der Waals surface area contributed by atoms with Gasteiger partial charge in [0.1, 0.15) is 5.78 Å². The summed E-state index contributed by atoms with van der Waals surface area (Å²) in [5, 5.41) is 10.0. The van der Waals surface area contributed by atoms with Crippen LogP contribution in [0.2, 0.25) is 0 Å². The highest BCUT2D eigenvalue weighted by Crippen LogP contribution is 2.63. The number of rotatable bonds is 0. The quantitative estimate of drug-likeness (QED) is 0.687. The zero-order valence-electron chi connectivity index (χ0n) is 13.4. The van der Waals surface area contributed by atoms with E-state index < -0.39 is 0 Å². The Hall–Kier alpha value is -0.630. The van der Waals surface area contributed by atoms with Crippen molar-refractivity contribution in [3.63, 3.8) is 0 Å². The van der Waals surface area contributed by atoms with Gasteiger partial charge in [-0.3, -0.25) is 4.79 Å². The van der Waals surface area contributed by atoms with Gasteiger partial charge in [-0.1, -0.05) is 25.5 Å². The van der Waals surface area contributed by atoms with Crippen molar-refractivity contribution in [1.82, 2.24) is 0 Å². The summed E-state index contributed by atoms with van der Waals surface area (Å²) in [5.41, 5.74) is 1.91. The van der Waals surface area contributed by atoms with Crippen LogP contribution in [0.25, 0.3) is 0 Å². The van der Waals surface area contributed by atoms with E-state index in [2.05, 4.69) is 19.9 Å². The Labute approximate surface area is 128 Å². The third kappa shape index (κ3) is 1.78. The predicted molar refractivity (Wildman–Crippen MR) is 82.7 cm³/mol. The number of fused-ring (bicyclic) bond motifs is 5. The molecule has 0 amide bonds. The van der Waals surface area contributed by atoms with E-state index in [0.29, 0.717) is 29.0 Å². The number of aliphatic hydroxyl groups is 1. The van der Waals surface area contributed by atoms with Gasteiger partial charge in [-0.25, -0.2) is 0 Å². The van der Waals surface area contributed by atoms with E-state index >= 15 is 0 Å². The lowest BCUT2D eigenvalue weighted by Crippen LogP contribution is -2.48. The van der Waals surface area contributed by atoms with E-state index in [0.717, 1.165) is 38.5 Å². The van der Waals surface area contributed by atoms with Gasteiger partial charge in [0.25, 0.3) is 0 Å². The number of carbonyl (C=O) groups excluding carboxylic acids is 1. The monoisotopic (exact) mass is 288 g/mol. The van der Waals surface area contributed by atoms with E-state index in [1.54, 1.807) is 5.57 Å². The lowest BCUT2D eigenvalue weighted by molar-refractivity contribution is -0.127. The average Bonchev–Trinajstić information content (AvgIpc) is 2.76. The first-order valence-corrected chi connectivity index (χ1v) is 8.87. The minimum atomic E-state index is -0.0814. The molecule has 0 bridgehead atoms. The molecule has 6 atom stereocenters. The molecule has 3 fully saturated rings. The van der Waals surface area contributed by atoms with Crippen LogP contribution in [0.15, 0.2) is 11.6 Å². The SMILES string of the molecule is C[C@]12CC=C3C(CC[C@H]4C[C@H](O)CC[C@]34C)C1CCC2=O. The second-order valence-electron chi connectivity index (χ2n) is 8.58. The Bertz CT molecular complexity index is 508. The molecule has 0 aliphatic heterocycles. The molecule has 4 rings (SSSR count). The largest absolute Gasteiger partial charge is 0.393 e. The summed E-state index contributed by atoms with van der Waals surface area (Å²) in [7, 11) is 0. The van der Waals surface area contributed by atoms with Gasteiger partial charge in [0.05, 0.1) is 6.10 Å². The number of ketones is 1. The minimum Gasteiger partial charge on any atom is -0.393 e. The molecule has 0 radical (unpaired) electrons. The van der Waals surface area contributed by atoms with Gasteiger partial charge >= 0.3 is 0 Å². The zero-order chi connectivity index (χ0) is 14.8. The molecule has 21 heavy (non-hydrogen) atoms. The molecule has 0 spiro atoms. The number of allylic oxidation sites excluding steroid dienone is 2. The molecule has 0 saturated heterocycles. The van der Waals surface area contributed by atoms with E-state index in [1.165, 1.54) is 12.8 Å². The van der Waals surface area contributed by atoms with E-state index in [9.17, 15) is 9.90 Å². The van der Waals surface area contributed by atoms with Gasteiger partial charge in [-0.05, 0) is 68.1 Å². The van der Waals surface area contributed by atoms with Crippen molar-refractivity contribution in [1.29, 1.82) is 0 Å². The molecular weight excluding hydrogens is 260 g/mol. The van der Waals surface area contributed by atoms with Crippen LogP contribution < -0.4 is 0 Å². The Kier molecular flexibility index (Phi) is 2.96. The van der Waals surface area contributed by atoms with Crippen LogP contribution in [-0.4, -0.2) is 17.0 Å². The van der Waals surface area contributed by atoms with Crippen LogP contribution >= 0.6 is 0 Å². The molecule has 1 N–H and O–H groups in total. The molecule has 0 aromatic rings. The zero-order valence-corrected chi connectivity index (χ0v) is 13.4. The van der Waals surface area contributed by atoms with E-state index in [1.807, 2.05) is 0 Å². The van der Waals surface area contributed by atoms with Gasteiger partial charge in [0.15, 0.2) is 0 Å². The van der Waals surface area contributed by atoms with Gasteiger partial charge in [0, 0.05) is 11.8 Å². The Morgan fingerprint density at radius 3 is 2.76 bits per heavy atom. The van der Waals surface area contributed by atoms with Crippen molar-refractivity contribution in [2.75, 3.05) is 0 Å². The smallest absolute Gasteiger partial charge is 0.139 e. The Balaban J connectivity index is 1.71. The summed E-state index contributed by atoms with van der Waals surface area (Å²) in [4.78, 5) is 12.3. The molecule has 2 heteroatoms. The van der Waals surface area contributed by atoms with Crippen LogP contribution in [0.4, 0.5) is 0 Å². The maximum absolute atomic E-state index is 12.3. The third-order valence-electron chi connectivity index (χ3n) is 7.71. The van der Waals surface area contributed by atoms with Gasteiger partial charge in [-0.2, -0.15) is 0 Å². The Morgan fingerprint density at radius 2 is 1.95 bits per heavy atom. The van der Waals surface area contributed by atoms with E-state index in [4.69, 9.17) is 0 Å². The molecule has 4 aliphatic rings. The summed E-state index contributed by atoms with van der Waals surface area (Å²) in [6.07, 6.45) is 10.8. The summed E-state index contributed by atoms with van der Waals surface area (Å²) >= 11 is 0. The highest BCUT2D eigenvalue weighted by molar-refractivity contribution is 5.87. The Morgan fingerprint density at radius 1 is 1.14 bits per heavy atom. The van der Waals surface area contributed by atoms with Crippen molar-refractivity contribution in [3.8, 4) is 0 Å². The molecular formula is C19H28O2. The first kappa shape index (κ1) is 14.0. The predicted octanol–water partition coefficient (Wildman–Crippen LogP) is 3.88. The standard InChI is InChI=1S/C19H28O2/c1-18-9-7-13(20)11-12(18)3-4-14-15-5-6-17(21)19(15,2)10-8-16(14)18/h8,12-15,20H,3-7,9-11H2,1-2H3/t12-,13+,14?,15?,18-,19-/m0/s1. The van der Waals surface area contributed by atoms with Crippen LogP contribution in [0.3, 0.4) is 0 Å². The van der Waals surface area contributed by atoms with Crippen molar-refractivity contribution in [3.05, 3.63) is 11.6 Å². The molecule has 0 aromatic heterocycles. The van der Waals surface area contributed by atoms with Crippen molar-refractivity contribution < 1.29 is 9.90 Å². The first-order chi connectivity index (χ1) is 9.95. The second-order valence-corrected chi connectivity index (χ2v) is 8.58. The molecule has 116 valence electrons. The molecule has 0 aromatic carbocycles. The highest BCUT2D eigenvalue weighted by Gasteiger charge is 2.56. The highest BCUT2D eigenvalue weighted by atomic mass is 16.3. The number of hydrogen-bond donors (Lipinski definition) is 1. The summed E-state index contributed by atoms with van der Waals surface area (Å²) in [6.45, 7) is 4.67. The summed E-state index contributed by atoms with van der Waals surface area (Å²) in [5.74, 6) is 2.40. The fraction of sp³-hybridized carbons (Fsp3) is 0.842. The average molecular weight is 288 g/mol. The fourth-order valence-corrected chi connectivity index (χ4v) is 6.29. The van der Waals surface area contributed by atoms with Crippen molar-refractivity contribution in [2.24, 2.45) is 28.6 Å². The van der Waals surface area contributed by atoms with Crippen LogP contribution in [0.1, 0.15) is 65.2 Å². The normalized spacial score (nSPS) is 52.7. The molecule has 4 aliphatic carbocycles. The summed E-state index contributed by atoms with van der Waals surface area (Å²) < 4.78 is 0. The maximum atomic E-state index is 12.3. The van der Waals surface area contributed by atoms with E-state index in [-0.39, 0.29) is 11.5 Å². The number of Topliss-reactive ketones (excluding diaryl/α,β-unsaturated/α-hetero) is 1. The fourth-order valence-electron chi connectivity index (χ4n) is 6.29. The van der Waals surface area contributed by atoms with Gasteiger partial charge in [-0.15, -0.1) is 0 Å². The molecule has 2 nitrogen and oxygen atoms in total. The minimum absolute atomic E-state index is 0.0639. The molecule has 3 saturated carbocycles. The maximum Gasteiger partial charge on any atom is 0.139 e. The van der Waals surface area contributed by atoms with Crippen molar-refractivity contribution in [2.45, 2.75) is 71.3 Å². The van der Waals surface area contributed by atoms with Crippen LogP contribution in [-0.2, 0) is 4.79 Å². The van der Waals surface area contributed by atoms with Gasteiger partial charge < -0.3 is 5.11 Å². The number of carbonyl (C=O) groups is 1. The molecule has 0 heterocycles. The second kappa shape index (κ2) is 4.44.